The topological polar surface area (TPSA) is 95.9 Å². The number of rotatable bonds is 67. The number of ether oxygens (including phenoxy) is 1. The van der Waals surface area contributed by atoms with Gasteiger partial charge in [-0.25, -0.2) is 0 Å². The van der Waals surface area contributed by atoms with Crippen LogP contribution in [0.3, 0.4) is 0 Å². The van der Waals surface area contributed by atoms with Gasteiger partial charge in [0, 0.05) is 12.8 Å². The van der Waals surface area contributed by atoms with E-state index in [0.29, 0.717) is 25.9 Å². The third-order valence-electron chi connectivity index (χ3n) is 16.7. The van der Waals surface area contributed by atoms with E-state index in [-0.39, 0.29) is 18.5 Å². The highest BCUT2D eigenvalue weighted by Gasteiger charge is 2.20. The van der Waals surface area contributed by atoms with Crippen LogP contribution in [-0.2, 0) is 14.3 Å². The van der Waals surface area contributed by atoms with Crippen LogP contribution in [0.15, 0.2) is 24.3 Å². The molecule has 0 radical (unpaired) electrons. The fourth-order valence-corrected chi connectivity index (χ4v) is 11.3. The number of aliphatic hydroxyl groups excluding tert-OH is 2. The second-order valence-electron chi connectivity index (χ2n) is 24.6. The quantitative estimate of drug-likeness (QED) is 0.0320. The van der Waals surface area contributed by atoms with E-state index in [9.17, 15) is 19.8 Å². The van der Waals surface area contributed by atoms with E-state index in [1.54, 1.807) is 0 Å². The summed E-state index contributed by atoms with van der Waals surface area (Å²) in [7, 11) is 0. The largest absolute Gasteiger partial charge is 0.466 e. The van der Waals surface area contributed by atoms with Crippen molar-refractivity contribution in [1.82, 2.24) is 5.32 Å². The van der Waals surface area contributed by atoms with Crippen molar-refractivity contribution in [3.63, 3.8) is 0 Å². The number of aliphatic hydroxyl groups is 2. The van der Waals surface area contributed by atoms with E-state index in [4.69, 9.17) is 4.74 Å². The van der Waals surface area contributed by atoms with E-state index in [1.807, 2.05) is 0 Å². The lowest BCUT2D eigenvalue weighted by Crippen LogP contribution is -2.45. The van der Waals surface area contributed by atoms with Crippen LogP contribution in [0, 0.1) is 0 Å². The Bertz CT molecular complexity index is 1220. The summed E-state index contributed by atoms with van der Waals surface area (Å²) in [5, 5.41) is 23.4. The normalized spacial score (nSPS) is 12.6. The molecule has 2 unspecified atom stereocenters. The number of hydrogen-bond acceptors (Lipinski definition) is 5. The Morgan fingerprint density at radius 3 is 0.910 bits per heavy atom. The average molecular weight is 1100 g/mol. The highest BCUT2D eigenvalue weighted by atomic mass is 16.5. The summed E-state index contributed by atoms with van der Waals surface area (Å²) in [6.07, 6.45) is 85.0. The fourth-order valence-electron chi connectivity index (χ4n) is 11.3. The van der Waals surface area contributed by atoms with Crippen molar-refractivity contribution < 1.29 is 24.5 Å². The van der Waals surface area contributed by atoms with Gasteiger partial charge >= 0.3 is 5.97 Å². The van der Waals surface area contributed by atoms with E-state index in [2.05, 4.69) is 43.5 Å². The van der Waals surface area contributed by atoms with Gasteiger partial charge in [0.1, 0.15) is 0 Å². The lowest BCUT2D eigenvalue weighted by Gasteiger charge is -2.22. The zero-order valence-corrected chi connectivity index (χ0v) is 52.9. The summed E-state index contributed by atoms with van der Waals surface area (Å²) in [4.78, 5) is 24.6. The Kier molecular flexibility index (Phi) is 66.4. The minimum atomic E-state index is -0.670. The lowest BCUT2D eigenvalue weighted by molar-refractivity contribution is -0.143. The van der Waals surface area contributed by atoms with Crippen LogP contribution in [-0.4, -0.2) is 47.4 Å². The second kappa shape index (κ2) is 67.8. The number of amides is 1. The summed E-state index contributed by atoms with van der Waals surface area (Å²) in [5.74, 6) is -0.0300. The predicted octanol–water partition coefficient (Wildman–Crippen LogP) is 22.9. The summed E-state index contributed by atoms with van der Waals surface area (Å²) >= 11 is 0. The third-order valence-corrected chi connectivity index (χ3v) is 16.7. The molecule has 0 aliphatic heterocycles. The summed E-state index contributed by atoms with van der Waals surface area (Å²) < 4.78 is 5.50. The molecular weight excluding hydrogens is 959 g/mol. The Morgan fingerprint density at radius 2 is 0.603 bits per heavy atom. The summed E-state index contributed by atoms with van der Waals surface area (Å²) in [6.45, 7) is 4.98. The van der Waals surface area contributed by atoms with Crippen molar-refractivity contribution in [2.24, 2.45) is 0 Å². The number of allylic oxidation sites excluding steroid dienone is 4. The zero-order chi connectivity index (χ0) is 56.4. The standard InChI is InChI=1S/C72H139NO5/c1-3-5-7-9-11-13-15-17-19-21-22-23-26-29-33-36-40-44-48-52-56-60-64-70(75)69(68-74)73-71(76)65-61-57-53-49-45-41-37-34-30-27-24-25-28-31-35-39-43-47-51-55-59-63-67-78-72(77)66-62-58-54-50-46-42-38-32-20-18-16-14-12-10-8-6-4-2/h18,20,27,30,69-70,74-75H,3-17,19,21-26,28-29,31-68H2,1-2H3,(H,73,76)/b20-18-,30-27-. The van der Waals surface area contributed by atoms with Gasteiger partial charge in [0.2, 0.25) is 5.91 Å². The molecule has 0 heterocycles. The van der Waals surface area contributed by atoms with Crippen LogP contribution in [0.2, 0.25) is 0 Å². The molecule has 6 heteroatoms. The number of esters is 1. The fraction of sp³-hybridized carbons (Fsp3) is 0.917. The molecule has 0 aliphatic carbocycles. The van der Waals surface area contributed by atoms with Crippen molar-refractivity contribution >= 4 is 11.9 Å². The van der Waals surface area contributed by atoms with Crippen molar-refractivity contribution in [1.29, 1.82) is 0 Å². The van der Waals surface area contributed by atoms with Crippen LogP contribution in [0.25, 0.3) is 0 Å². The number of carbonyl (C=O) groups is 2. The number of carbonyl (C=O) groups excluding carboxylic acids is 2. The molecule has 0 aromatic heterocycles. The molecule has 0 aliphatic rings. The first-order valence-corrected chi connectivity index (χ1v) is 35.6. The second-order valence-corrected chi connectivity index (χ2v) is 24.6. The maximum Gasteiger partial charge on any atom is 0.305 e. The molecule has 1 amide bonds. The molecule has 0 fully saturated rings. The number of unbranched alkanes of at least 4 members (excludes halogenated alkanes) is 52. The van der Waals surface area contributed by atoms with Crippen LogP contribution in [0.5, 0.6) is 0 Å². The van der Waals surface area contributed by atoms with Gasteiger partial charge in [0.15, 0.2) is 0 Å². The Morgan fingerprint density at radius 1 is 0.346 bits per heavy atom. The van der Waals surface area contributed by atoms with E-state index in [0.717, 1.165) is 44.9 Å². The summed E-state index contributed by atoms with van der Waals surface area (Å²) in [6, 6.07) is -0.548. The van der Waals surface area contributed by atoms with Crippen molar-refractivity contribution in [2.75, 3.05) is 13.2 Å². The SMILES string of the molecule is CCCCCCCC/C=C\CCCCCCCCCC(=O)OCCCCCCCCCCCCC/C=C\CCCCCCCCCC(=O)NC(CO)C(O)CCCCCCCCCCCCCCCCCCCCCCCC. The van der Waals surface area contributed by atoms with Gasteiger partial charge < -0.3 is 20.3 Å². The molecule has 462 valence electrons. The first-order valence-electron chi connectivity index (χ1n) is 35.6. The minimum Gasteiger partial charge on any atom is -0.466 e. The maximum atomic E-state index is 12.5. The Hall–Kier alpha value is -1.66. The maximum absolute atomic E-state index is 12.5. The molecular formula is C72H139NO5. The van der Waals surface area contributed by atoms with Gasteiger partial charge in [0.05, 0.1) is 25.4 Å². The lowest BCUT2D eigenvalue weighted by atomic mass is 10.0. The molecule has 0 spiro atoms. The van der Waals surface area contributed by atoms with Gasteiger partial charge in [-0.05, 0) is 77.0 Å². The molecule has 0 saturated heterocycles. The van der Waals surface area contributed by atoms with Crippen LogP contribution in [0.4, 0.5) is 0 Å². The van der Waals surface area contributed by atoms with Gasteiger partial charge in [-0.2, -0.15) is 0 Å². The first-order chi connectivity index (χ1) is 38.5. The Labute approximate surface area is 488 Å². The molecule has 78 heavy (non-hydrogen) atoms. The zero-order valence-electron chi connectivity index (χ0n) is 52.9. The van der Waals surface area contributed by atoms with E-state index in [1.165, 1.54) is 321 Å². The molecule has 0 aromatic carbocycles. The molecule has 6 nitrogen and oxygen atoms in total. The first kappa shape index (κ1) is 76.3. The van der Waals surface area contributed by atoms with Crippen LogP contribution < -0.4 is 5.32 Å². The molecule has 2 atom stereocenters. The van der Waals surface area contributed by atoms with Crippen molar-refractivity contribution in [3.05, 3.63) is 24.3 Å². The smallest absolute Gasteiger partial charge is 0.305 e. The highest BCUT2D eigenvalue weighted by molar-refractivity contribution is 5.76. The van der Waals surface area contributed by atoms with E-state index >= 15 is 0 Å². The highest BCUT2D eigenvalue weighted by Crippen LogP contribution is 2.19. The average Bonchev–Trinajstić information content (AvgIpc) is 3.44. The van der Waals surface area contributed by atoms with Gasteiger partial charge in [-0.15, -0.1) is 0 Å². The predicted molar refractivity (Wildman–Crippen MR) is 343 cm³/mol. The molecule has 0 bridgehead atoms. The van der Waals surface area contributed by atoms with Gasteiger partial charge in [0.25, 0.3) is 0 Å². The van der Waals surface area contributed by atoms with Crippen LogP contribution in [0.1, 0.15) is 399 Å². The monoisotopic (exact) mass is 1100 g/mol. The van der Waals surface area contributed by atoms with Gasteiger partial charge in [-0.1, -0.05) is 334 Å². The Balaban J connectivity index is 3.41. The molecule has 0 aromatic rings. The molecule has 0 saturated carbocycles. The third kappa shape index (κ3) is 63.5. The van der Waals surface area contributed by atoms with Crippen molar-refractivity contribution in [3.8, 4) is 0 Å². The molecule has 0 rings (SSSR count). The molecule has 3 N–H and O–H groups in total. The summed E-state index contributed by atoms with van der Waals surface area (Å²) in [5.41, 5.74) is 0. The van der Waals surface area contributed by atoms with E-state index < -0.39 is 12.1 Å². The minimum absolute atomic E-state index is 0.00766. The number of nitrogens with one attached hydrogen (secondary N) is 1. The van der Waals surface area contributed by atoms with Crippen LogP contribution >= 0.6 is 0 Å². The number of hydrogen-bond donors (Lipinski definition) is 3. The van der Waals surface area contributed by atoms with Gasteiger partial charge in [-0.3, -0.25) is 9.59 Å². The van der Waals surface area contributed by atoms with Crippen molar-refractivity contribution in [2.45, 2.75) is 411 Å².